The van der Waals surface area contributed by atoms with Crippen LogP contribution in [0.4, 0.5) is 0 Å². The predicted octanol–water partition coefficient (Wildman–Crippen LogP) is 1.76. The molecule has 0 bridgehead atoms. The molecule has 0 saturated carbocycles. The largest absolute Gasteiger partial charge is 0.313 e. The Hall–Kier alpha value is -1.06. The average Bonchev–Trinajstić information content (AvgIpc) is 2.74. The third-order valence-electron chi connectivity index (χ3n) is 4.56. The number of rotatable bonds is 9. The number of carbonyl (C=O) groups excluding carboxylic acids is 3. The van der Waals surface area contributed by atoms with Crippen LogP contribution in [0.1, 0.15) is 58.8 Å². The molecular weight excluding hydrogens is 264 g/mol. The molecule has 0 aromatic heterocycles. The lowest BCUT2D eigenvalue weighted by atomic mass is 9.57. The molecule has 1 rings (SSSR count). The summed E-state index contributed by atoms with van der Waals surface area (Å²) in [6.45, 7) is 4.32. The first-order valence-corrected chi connectivity index (χ1v) is 7.77. The van der Waals surface area contributed by atoms with Crippen LogP contribution in [0.5, 0.6) is 0 Å². The fourth-order valence-electron chi connectivity index (χ4n) is 2.86. The van der Waals surface area contributed by atoms with Gasteiger partial charge in [-0.2, -0.15) is 0 Å². The van der Waals surface area contributed by atoms with Gasteiger partial charge in [-0.25, -0.2) is 0 Å². The topological polar surface area (TPSA) is 54.5 Å². The van der Waals surface area contributed by atoms with Gasteiger partial charge in [-0.3, -0.25) is 14.5 Å². The molecule has 0 aliphatic carbocycles. The summed E-state index contributed by atoms with van der Waals surface area (Å²) in [7, 11) is 11.3. The smallest absolute Gasteiger partial charge is 0.232 e. The molecule has 6 heteroatoms. The third kappa shape index (κ3) is 4.45. The van der Waals surface area contributed by atoms with E-state index in [0.717, 1.165) is 6.42 Å². The second kappa shape index (κ2) is 7.81. The SMILES string of the molecule is [B]C(=O)CCCCCN1C(=O)CC(C([B])(CC)CC)C1=O. The zero-order valence-electron chi connectivity index (χ0n) is 13.1. The van der Waals surface area contributed by atoms with Gasteiger partial charge in [0.25, 0.3) is 0 Å². The molecule has 1 heterocycles. The van der Waals surface area contributed by atoms with Gasteiger partial charge in [0, 0.05) is 18.9 Å². The van der Waals surface area contributed by atoms with E-state index in [0.29, 0.717) is 38.6 Å². The first-order chi connectivity index (χ1) is 9.85. The van der Waals surface area contributed by atoms with Gasteiger partial charge >= 0.3 is 0 Å². The highest BCUT2D eigenvalue weighted by Gasteiger charge is 2.46. The zero-order chi connectivity index (χ0) is 16.0. The van der Waals surface area contributed by atoms with Gasteiger partial charge in [-0.1, -0.05) is 38.4 Å². The van der Waals surface area contributed by atoms with Gasteiger partial charge in [0.2, 0.25) is 11.8 Å². The molecule has 1 fully saturated rings. The van der Waals surface area contributed by atoms with E-state index in [4.69, 9.17) is 15.7 Å². The Labute approximate surface area is 129 Å². The van der Waals surface area contributed by atoms with Crippen LogP contribution in [0.3, 0.4) is 0 Å². The number of carbonyl (C=O) groups is 3. The van der Waals surface area contributed by atoms with Gasteiger partial charge in [-0.05, 0) is 19.3 Å². The molecule has 1 atom stereocenters. The van der Waals surface area contributed by atoms with Crippen LogP contribution >= 0.6 is 0 Å². The molecule has 112 valence electrons. The van der Waals surface area contributed by atoms with Crippen LogP contribution in [-0.2, 0) is 14.4 Å². The quantitative estimate of drug-likeness (QED) is 0.369. The van der Waals surface area contributed by atoms with Crippen LogP contribution in [0.15, 0.2) is 0 Å². The van der Waals surface area contributed by atoms with Crippen LogP contribution in [-0.4, -0.2) is 44.6 Å². The Bertz CT molecular complexity index is 408. The molecule has 21 heavy (non-hydrogen) atoms. The van der Waals surface area contributed by atoms with Crippen molar-refractivity contribution < 1.29 is 14.4 Å². The van der Waals surface area contributed by atoms with Crippen molar-refractivity contribution in [3.05, 3.63) is 0 Å². The highest BCUT2D eigenvalue weighted by molar-refractivity contribution is 6.57. The number of likely N-dealkylation sites (tertiary alicyclic amines) is 1. The van der Waals surface area contributed by atoms with Gasteiger partial charge in [0.15, 0.2) is 7.85 Å². The Morgan fingerprint density at radius 2 is 1.86 bits per heavy atom. The minimum absolute atomic E-state index is 0.128. The minimum atomic E-state index is -0.590. The van der Waals surface area contributed by atoms with Crippen molar-refractivity contribution in [3.63, 3.8) is 0 Å². The standard InChI is InChI=1S/C15H23B2NO3/c1-3-15(17,4-2)11-10-13(20)18(14(11)21)9-7-5-6-8-12(16)19/h11H,3-10H2,1-2H3. The first kappa shape index (κ1) is 18.0. The van der Waals surface area contributed by atoms with E-state index < -0.39 is 11.2 Å². The van der Waals surface area contributed by atoms with E-state index in [-0.39, 0.29) is 23.9 Å². The number of hydrogen-bond acceptors (Lipinski definition) is 3. The van der Waals surface area contributed by atoms with E-state index in [1.54, 1.807) is 0 Å². The fraction of sp³-hybridized carbons (Fsp3) is 0.800. The number of nitrogens with zero attached hydrogens (tertiary/aromatic N) is 1. The minimum Gasteiger partial charge on any atom is -0.313 e. The number of amides is 2. The lowest BCUT2D eigenvalue weighted by molar-refractivity contribution is -0.139. The van der Waals surface area contributed by atoms with E-state index in [1.807, 2.05) is 13.8 Å². The molecule has 1 aliphatic rings. The van der Waals surface area contributed by atoms with E-state index in [1.165, 1.54) is 4.90 Å². The Kier molecular flexibility index (Phi) is 6.69. The molecule has 0 aromatic carbocycles. The van der Waals surface area contributed by atoms with Crippen LogP contribution < -0.4 is 0 Å². The summed E-state index contributed by atoms with van der Waals surface area (Å²) in [5.74, 6) is -0.664. The normalized spacial score (nSPS) is 19.3. The maximum Gasteiger partial charge on any atom is 0.232 e. The van der Waals surface area contributed by atoms with E-state index in [9.17, 15) is 14.4 Å². The highest BCUT2D eigenvalue weighted by atomic mass is 16.2. The Morgan fingerprint density at radius 1 is 1.24 bits per heavy atom. The molecule has 4 nitrogen and oxygen atoms in total. The monoisotopic (exact) mass is 287 g/mol. The lowest BCUT2D eigenvalue weighted by Gasteiger charge is -2.32. The number of unbranched alkanes of at least 4 members (excludes halogenated alkanes) is 2. The molecule has 0 N–H and O–H groups in total. The molecule has 1 saturated heterocycles. The highest BCUT2D eigenvalue weighted by Crippen LogP contribution is 2.45. The molecule has 4 radical (unpaired) electrons. The van der Waals surface area contributed by atoms with Crippen molar-refractivity contribution in [2.24, 2.45) is 5.92 Å². The van der Waals surface area contributed by atoms with E-state index >= 15 is 0 Å². The second-order valence-electron chi connectivity index (χ2n) is 5.86. The maximum absolute atomic E-state index is 12.4. The predicted molar refractivity (Wildman–Crippen MR) is 83.1 cm³/mol. The molecule has 2 amide bonds. The van der Waals surface area contributed by atoms with Gasteiger partial charge in [-0.15, -0.1) is 0 Å². The Morgan fingerprint density at radius 3 is 2.38 bits per heavy atom. The third-order valence-corrected chi connectivity index (χ3v) is 4.56. The fourth-order valence-corrected chi connectivity index (χ4v) is 2.86. The number of hydrogen-bond donors (Lipinski definition) is 0. The van der Waals surface area contributed by atoms with Crippen molar-refractivity contribution in [3.8, 4) is 0 Å². The van der Waals surface area contributed by atoms with Crippen LogP contribution in [0.2, 0.25) is 5.31 Å². The average molecular weight is 287 g/mol. The Balaban J connectivity index is 2.52. The van der Waals surface area contributed by atoms with Crippen molar-refractivity contribution in [1.29, 1.82) is 0 Å². The summed E-state index contributed by atoms with van der Waals surface area (Å²) in [5.41, 5.74) is -0.317. The van der Waals surface area contributed by atoms with Gasteiger partial charge in [0.1, 0.15) is 0 Å². The van der Waals surface area contributed by atoms with Gasteiger partial charge in [0.05, 0.1) is 13.5 Å². The molecule has 1 aliphatic heterocycles. The van der Waals surface area contributed by atoms with Gasteiger partial charge < -0.3 is 4.79 Å². The molecule has 0 aromatic rings. The molecule has 1 unspecified atom stereocenters. The van der Waals surface area contributed by atoms with Crippen molar-refractivity contribution in [2.75, 3.05) is 6.54 Å². The summed E-state index contributed by atoms with van der Waals surface area (Å²) in [6, 6.07) is 0. The number of imide groups is 1. The van der Waals surface area contributed by atoms with Crippen molar-refractivity contribution in [1.82, 2.24) is 4.90 Å². The summed E-state index contributed by atoms with van der Waals surface area (Å²) < 4.78 is 0. The summed E-state index contributed by atoms with van der Waals surface area (Å²) in [5, 5.41) is -0.590. The molecule has 0 spiro atoms. The van der Waals surface area contributed by atoms with Crippen molar-refractivity contribution in [2.45, 2.75) is 64.1 Å². The van der Waals surface area contributed by atoms with E-state index in [2.05, 4.69) is 0 Å². The second-order valence-corrected chi connectivity index (χ2v) is 5.86. The summed E-state index contributed by atoms with van der Waals surface area (Å²) >= 11 is 0. The maximum atomic E-state index is 12.4. The molecular formula is C15H23B2NO3. The zero-order valence-corrected chi connectivity index (χ0v) is 13.1. The summed E-state index contributed by atoms with van der Waals surface area (Å²) in [6.07, 6.45) is 4.10. The summed E-state index contributed by atoms with van der Waals surface area (Å²) in [4.78, 5) is 36.4. The van der Waals surface area contributed by atoms with Crippen LogP contribution in [0.25, 0.3) is 0 Å². The van der Waals surface area contributed by atoms with Crippen molar-refractivity contribution >= 4 is 33.2 Å². The van der Waals surface area contributed by atoms with Crippen LogP contribution in [0, 0.1) is 5.92 Å². The lowest BCUT2D eigenvalue weighted by Crippen LogP contribution is -2.35. The first-order valence-electron chi connectivity index (χ1n) is 7.77.